The van der Waals surface area contributed by atoms with Crippen molar-refractivity contribution in [3.05, 3.63) is 16.4 Å². The Balaban J connectivity index is 2.10. The molecule has 0 unspecified atom stereocenters. The van der Waals surface area contributed by atoms with Gasteiger partial charge in [-0.25, -0.2) is 0 Å². The van der Waals surface area contributed by atoms with Crippen LogP contribution in [0, 0.1) is 0 Å². The summed E-state index contributed by atoms with van der Waals surface area (Å²) in [4.78, 5) is 12.3. The lowest BCUT2D eigenvalue weighted by Crippen LogP contribution is -2.48. The Kier molecular flexibility index (Phi) is 4.19. The number of ether oxygens (including phenoxy) is 1. The molecule has 0 bridgehead atoms. The van der Waals surface area contributed by atoms with Crippen molar-refractivity contribution in [2.45, 2.75) is 37.8 Å². The summed E-state index contributed by atoms with van der Waals surface area (Å²) < 4.78 is 7.42. The Hall–Kier alpha value is -0.720. The van der Waals surface area contributed by atoms with E-state index in [0.29, 0.717) is 25.3 Å². The van der Waals surface area contributed by atoms with Crippen molar-refractivity contribution >= 4 is 21.7 Å². The van der Waals surface area contributed by atoms with Crippen molar-refractivity contribution in [1.29, 1.82) is 0 Å². The second kappa shape index (κ2) is 5.50. The quantitative estimate of drug-likeness (QED) is 0.812. The number of ketones is 1. The molecule has 5 nitrogen and oxygen atoms in total. The lowest BCUT2D eigenvalue weighted by molar-refractivity contribution is 0.0897. The maximum Gasteiger partial charge on any atom is 0.183 e. The van der Waals surface area contributed by atoms with Crippen molar-refractivity contribution < 1.29 is 9.53 Å². The van der Waals surface area contributed by atoms with Gasteiger partial charge in [-0.1, -0.05) is 0 Å². The molecular weight excluding hydrogens is 298 g/mol. The molecule has 0 aromatic carbocycles. The minimum absolute atomic E-state index is 0.0534. The van der Waals surface area contributed by atoms with Gasteiger partial charge in [-0.05, 0) is 35.2 Å². The molecule has 0 saturated heterocycles. The van der Waals surface area contributed by atoms with E-state index in [1.807, 2.05) is 0 Å². The summed E-state index contributed by atoms with van der Waals surface area (Å²) in [5.74, 6) is 0.0534. The van der Waals surface area contributed by atoms with Gasteiger partial charge in [0.25, 0.3) is 0 Å². The predicted molar refractivity (Wildman–Crippen MR) is 71.5 cm³/mol. The Labute approximate surface area is 115 Å². The first-order valence-electron chi connectivity index (χ1n) is 6.08. The minimum Gasteiger partial charge on any atom is -0.383 e. The van der Waals surface area contributed by atoms with Crippen LogP contribution in [0.4, 0.5) is 0 Å². The highest BCUT2D eigenvalue weighted by molar-refractivity contribution is 9.10. The third-order valence-corrected chi connectivity index (χ3v) is 4.01. The van der Waals surface area contributed by atoms with Crippen molar-refractivity contribution in [2.75, 3.05) is 13.7 Å². The molecule has 2 rings (SSSR count). The van der Waals surface area contributed by atoms with Crippen molar-refractivity contribution in [2.24, 2.45) is 5.73 Å². The fourth-order valence-corrected chi connectivity index (χ4v) is 2.72. The molecule has 1 aliphatic carbocycles. The molecule has 18 heavy (non-hydrogen) atoms. The molecule has 1 aromatic rings. The Bertz CT molecular complexity index is 441. The number of aromatic nitrogens is 2. The predicted octanol–water partition coefficient (Wildman–Crippen LogP) is 1.75. The minimum atomic E-state index is -0.299. The zero-order valence-electron chi connectivity index (χ0n) is 10.5. The third-order valence-electron chi connectivity index (χ3n) is 3.43. The first-order chi connectivity index (χ1) is 8.56. The van der Waals surface area contributed by atoms with Gasteiger partial charge in [0.05, 0.1) is 23.8 Å². The van der Waals surface area contributed by atoms with Gasteiger partial charge in [-0.2, -0.15) is 5.10 Å². The van der Waals surface area contributed by atoms with Crippen LogP contribution in [0.1, 0.15) is 36.2 Å². The average molecular weight is 316 g/mol. The fraction of sp³-hybridized carbons (Fsp3) is 0.667. The Morgan fingerprint density at radius 1 is 1.67 bits per heavy atom. The van der Waals surface area contributed by atoms with E-state index < -0.39 is 0 Å². The first-order valence-corrected chi connectivity index (χ1v) is 6.87. The van der Waals surface area contributed by atoms with E-state index in [9.17, 15) is 4.79 Å². The summed E-state index contributed by atoms with van der Waals surface area (Å²) in [6.45, 7) is 1.10. The summed E-state index contributed by atoms with van der Waals surface area (Å²) in [5.41, 5.74) is 6.42. The van der Waals surface area contributed by atoms with E-state index in [-0.39, 0.29) is 11.3 Å². The molecule has 6 heteroatoms. The Morgan fingerprint density at radius 2 is 2.39 bits per heavy atom. The van der Waals surface area contributed by atoms with Crippen LogP contribution in [0.3, 0.4) is 0 Å². The van der Waals surface area contributed by atoms with Gasteiger partial charge in [0.2, 0.25) is 0 Å². The number of halogens is 1. The van der Waals surface area contributed by atoms with Gasteiger partial charge in [-0.3, -0.25) is 9.48 Å². The molecule has 0 amide bonds. The maximum absolute atomic E-state index is 12.3. The zero-order valence-corrected chi connectivity index (χ0v) is 12.1. The number of hydrogen-bond donors (Lipinski definition) is 1. The normalized spacial score (nSPS) is 17.5. The summed E-state index contributed by atoms with van der Waals surface area (Å²) in [6.07, 6.45) is 5.02. The van der Waals surface area contributed by atoms with E-state index in [2.05, 4.69) is 21.0 Å². The molecule has 2 N–H and O–H groups in total. The molecule has 100 valence electrons. The monoisotopic (exact) mass is 315 g/mol. The topological polar surface area (TPSA) is 70.1 Å². The number of nitrogens with two attached hydrogens (primary N) is 1. The third kappa shape index (κ3) is 2.81. The molecule has 1 aromatic heterocycles. The van der Waals surface area contributed by atoms with Gasteiger partial charge >= 0.3 is 0 Å². The average Bonchev–Trinajstić information content (AvgIpc) is 2.65. The standard InChI is InChI=1S/C12H18BrN3O2/c1-18-6-5-16-11(9(13)8-15-16)10(17)7-12(14)3-2-4-12/h8H,2-7,14H2,1H3. The highest BCUT2D eigenvalue weighted by Crippen LogP contribution is 2.34. The van der Waals surface area contributed by atoms with Crippen molar-refractivity contribution in [1.82, 2.24) is 9.78 Å². The molecule has 0 atom stereocenters. The summed E-state index contributed by atoms with van der Waals surface area (Å²) >= 11 is 3.37. The summed E-state index contributed by atoms with van der Waals surface area (Å²) in [5, 5.41) is 4.18. The number of methoxy groups -OCH3 is 1. The number of carbonyl (C=O) groups excluding carboxylic acids is 1. The molecule has 1 saturated carbocycles. The van der Waals surface area contributed by atoms with Crippen LogP contribution >= 0.6 is 15.9 Å². The molecule has 1 heterocycles. The Morgan fingerprint density at radius 3 is 2.94 bits per heavy atom. The lowest BCUT2D eigenvalue weighted by atomic mass is 9.74. The first kappa shape index (κ1) is 13.7. The largest absolute Gasteiger partial charge is 0.383 e. The molecule has 1 aliphatic rings. The lowest BCUT2D eigenvalue weighted by Gasteiger charge is -2.37. The number of carbonyl (C=O) groups is 1. The van der Waals surface area contributed by atoms with Crippen LogP contribution in [-0.2, 0) is 11.3 Å². The van der Waals surface area contributed by atoms with Gasteiger partial charge in [0.15, 0.2) is 5.78 Å². The van der Waals surface area contributed by atoms with Gasteiger partial charge in [0, 0.05) is 19.1 Å². The van der Waals surface area contributed by atoms with E-state index in [1.165, 1.54) is 0 Å². The van der Waals surface area contributed by atoms with Gasteiger partial charge in [-0.15, -0.1) is 0 Å². The fourth-order valence-electron chi connectivity index (χ4n) is 2.20. The van der Waals surface area contributed by atoms with Crippen LogP contribution < -0.4 is 5.73 Å². The number of rotatable bonds is 6. The van der Waals surface area contributed by atoms with Crippen LogP contribution in [0.25, 0.3) is 0 Å². The van der Waals surface area contributed by atoms with Crippen molar-refractivity contribution in [3.63, 3.8) is 0 Å². The van der Waals surface area contributed by atoms with Crippen molar-refractivity contribution in [3.8, 4) is 0 Å². The molecule has 0 aliphatic heterocycles. The second-order valence-electron chi connectivity index (χ2n) is 4.87. The SMILES string of the molecule is COCCn1ncc(Br)c1C(=O)CC1(N)CCC1. The van der Waals surface area contributed by atoms with Crippen LogP contribution in [-0.4, -0.2) is 34.8 Å². The molecule has 0 radical (unpaired) electrons. The summed E-state index contributed by atoms with van der Waals surface area (Å²) in [6, 6.07) is 0. The van der Waals surface area contributed by atoms with E-state index >= 15 is 0 Å². The highest BCUT2D eigenvalue weighted by Gasteiger charge is 2.36. The zero-order chi connectivity index (χ0) is 13.2. The van der Waals surface area contributed by atoms with Gasteiger partial charge < -0.3 is 10.5 Å². The summed E-state index contributed by atoms with van der Waals surface area (Å²) in [7, 11) is 1.63. The smallest absolute Gasteiger partial charge is 0.183 e. The van der Waals surface area contributed by atoms with E-state index in [4.69, 9.17) is 10.5 Å². The van der Waals surface area contributed by atoms with Gasteiger partial charge in [0.1, 0.15) is 5.69 Å². The molecule has 1 fully saturated rings. The van der Waals surface area contributed by atoms with E-state index in [1.54, 1.807) is 18.0 Å². The van der Waals surface area contributed by atoms with Crippen LogP contribution in [0.15, 0.2) is 10.7 Å². The number of hydrogen-bond acceptors (Lipinski definition) is 4. The maximum atomic E-state index is 12.3. The highest BCUT2D eigenvalue weighted by atomic mass is 79.9. The van der Waals surface area contributed by atoms with Crippen LogP contribution in [0.2, 0.25) is 0 Å². The second-order valence-corrected chi connectivity index (χ2v) is 5.73. The molecular formula is C12H18BrN3O2. The number of nitrogens with zero attached hydrogens (tertiary/aromatic N) is 2. The molecule has 0 spiro atoms. The number of Topliss-reactive ketones (excluding diaryl/α,β-unsaturated/α-hetero) is 1. The van der Waals surface area contributed by atoms with Crippen LogP contribution in [0.5, 0.6) is 0 Å². The van der Waals surface area contributed by atoms with E-state index in [0.717, 1.165) is 23.7 Å².